The minimum Gasteiger partial charge on any atom is -0.324 e. The van der Waals surface area contributed by atoms with E-state index < -0.39 is 7.60 Å². The SMILES string of the molecule is Cc1ccc2nc(-c3ccc(CP(=O)(O)O)cc3)sc2c1. The Labute approximate surface area is 126 Å². The molecule has 0 unspecified atom stereocenters. The molecule has 3 rings (SSSR count). The van der Waals surface area contributed by atoms with E-state index in [-0.39, 0.29) is 6.16 Å². The van der Waals surface area contributed by atoms with Crippen LogP contribution in [0.4, 0.5) is 0 Å². The van der Waals surface area contributed by atoms with E-state index in [1.54, 1.807) is 23.5 Å². The maximum atomic E-state index is 11.0. The molecule has 2 aromatic carbocycles. The fourth-order valence-electron chi connectivity index (χ4n) is 2.15. The molecule has 3 aromatic rings. The zero-order valence-electron chi connectivity index (χ0n) is 11.4. The Kier molecular flexibility index (Phi) is 3.68. The lowest BCUT2D eigenvalue weighted by atomic mass is 10.1. The monoisotopic (exact) mass is 319 g/mol. The summed E-state index contributed by atoms with van der Waals surface area (Å²) in [6, 6.07) is 13.4. The quantitative estimate of drug-likeness (QED) is 0.717. The second-order valence-electron chi connectivity index (χ2n) is 5.01. The van der Waals surface area contributed by atoms with Gasteiger partial charge in [0.2, 0.25) is 0 Å². The Morgan fingerprint density at radius 2 is 1.86 bits per heavy atom. The lowest BCUT2D eigenvalue weighted by Gasteiger charge is -2.04. The summed E-state index contributed by atoms with van der Waals surface area (Å²) in [6.07, 6.45) is -0.230. The highest BCUT2D eigenvalue weighted by Gasteiger charge is 2.14. The largest absolute Gasteiger partial charge is 0.329 e. The van der Waals surface area contributed by atoms with Crippen LogP contribution in [0.2, 0.25) is 0 Å². The Bertz CT molecular complexity index is 836. The van der Waals surface area contributed by atoms with Crippen molar-refractivity contribution >= 4 is 29.1 Å². The summed E-state index contributed by atoms with van der Waals surface area (Å²) in [7, 11) is -4.02. The summed E-state index contributed by atoms with van der Waals surface area (Å²) in [4.78, 5) is 22.6. The molecule has 0 aliphatic carbocycles. The van der Waals surface area contributed by atoms with Gasteiger partial charge in [0.05, 0.1) is 16.4 Å². The first-order valence-electron chi connectivity index (χ1n) is 6.42. The molecule has 0 fully saturated rings. The van der Waals surface area contributed by atoms with Gasteiger partial charge in [-0.1, -0.05) is 30.3 Å². The Morgan fingerprint density at radius 3 is 2.52 bits per heavy atom. The van der Waals surface area contributed by atoms with Crippen LogP contribution in [0, 0.1) is 6.92 Å². The number of nitrogens with zero attached hydrogens (tertiary/aromatic N) is 1. The van der Waals surface area contributed by atoms with Gasteiger partial charge in [0.15, 0.2) is 0 Å². The second-order valence-corrected chi connectivity index (χ2v) is 7.69. The third-order valence-electron chi connectivity index (χ3n) is 3.13. The number of fused-ring (bicyclic) bond motifs is 1. The van der Waals surface area contributed by atoms with Gasteiger partial charge in [0.25, 0.3) is 0 Å². The molecule has 0 spiro atoms. The number of hydrogen-bond donors (Lipinski definition) is 2. The first-order chi connectivity index (χ1) is 9.90. The average Bonchev–Trinajstić information content (AvgIpc) is 2.80. The molecule has 1 heterocycles. The zero-order chi connectivity index (χ0) is 15.0. The Balaban J connectivity index is 1.93. The van der Waals surface area contributed by atoms with E-state index in [9.17, 15) is 4.57 Å². The van der Waals surface area contributed by atoms with Gasteiger partial charge in [0, 0.05) is 5.56 Å². The summed E-state index contributed by atoms with van der Waals surface area (Å²) in [5, 5.41) is 0.915. The summed E-state index contributed by atoms with van der Waals surface area (Å²) in [6.45, 7) is 2.05. The van der Waals surface area contributed by atoms with Gasteiger partial charge >= 0.3 is 7.60 Å². The van der Waals surface area contributed by atoms with Gasteiger partial charge in [-0.2, -0.15) is 0 Å². The van der Waals surface area contributed by atoms with Crippen molar-refractivity contribution in [3.05, 3.63) is 53.6 Å². The van der Waals surface area contributed by atoms with E-state index in [0.717, 1.165) is 20.8 Å². The van der Waals surface area contributed by atoms with E-state index in [1.165, 1.54) is 5.56 Å². The Hall–Kier alpha value is -1.52. The highest BCUT2D eigenvalue weighted by Crippen LogP contribution is 2.39. The normalized spacial score (nSPS) is 12.0. The van der Waals surface area contributed by atoms with Crippen LogP contribution in [0.5, 0.6) is 0 Å². The molecule has 0 saturated heterocycles. The van der Waals surface area contributed by atoms with E-state index in [4.69, 9.17) is 9.79 Å². The van der Waals surface area contributed by atoms with Crippen molar-refractivity contribution in [3.8, 4) is 10.6 Å². The van der Waals surface area contributed by atoms with E-state index >= 15 is 0 Å². The van der Waals surface area contributed by atoms with Crippen LogP contribution in [0.1, 0.15) is 11.1 Å². The van der Waals surface area contributed by atoms with Gasteiger partial charge in [-0.15, -0.1) is 11.3 Å². The van der Waals surface area contributed by atoms with Gasteiger partial charge in [0.1, 0.15) is 5.01 Å². The first kappa shape index (κ1) is 14.4. The first-order valence-corrected chi connectivity index (χ1v) is 9.03. The number of rotatable bonds is 3. The van der Waals surface area contributed by atoms with Crippen molar-refractivity contribution < 1.29 is 14.4 Å². The van der Waals surface area contributed by atoms with Crippen LogP contribution in [0.15, 0.2) is 42.5 Å². The van der Waals surface area contributed by atoms with E-state index in [0.29, 0.717) is 5.56 Å². The molecule has 21 heavy (non-hydrogen) atoms. The fraction of sp³-hybridized carbons (Fsp3) is 0.133. The number of aromatic nitrogens is 1. The molecule has 0 amide bonds. The zero-order valence-corrected chi connectivity index (χ0v) is 13.1. The average molecular weight is 319 g/mol. The van der Waals surface area contributed by atoms with Crippen LogP contribution in [-0.4, -0.2) is 14.8 Å². The van der Waals surface area contributed by atoms with E-state index in [1.807, 2.05) is 24.3 Å². The molecule has 108 valence electrons. The molecule has 6 heteroatoms. The predicted octanol–water partition coefficient (Wildman–Crippen LogP) is 3.95. The summed E-state index contributed by atoms with van der Waals surface area (Å²) >= 11 is 1.62. The van der Waals surface area contributed by atoms with Gasteiger partial charge in [-0.3, -0.25) is 4.57 Å². The fourth-order valence-corrected chi connectivity index (χ4v) is 3.90. The van der Waals surface area contributed by atoms with Crippen molar-refractivity contribution in [2.24, 2.45) is 0 Å². The Morgan fingerprint density at radius 1 is 1.14 bits per heavy atom. The smallest absolute Gasteiger partial charge is 0.324 e. The highest BCUT2D eigenvalue weighted by molar-refractivity contribution is 7.50. The third-order valence-corrected chi connectivity index (χ3v) is 4.98. The maximum absolute atomic E-state index is 11.0. The van der Waals surface area contributed by atoms with Crippen molar-refractivity contribution in [1.82, 2.24) is 4.98 Å². The van der Waals surface area contributed by atoms with Crippen LogP contribution in [0.25, 0.3) is 20.8 Å². The minimum absolute atomic E-state index is 0.230. The molecule has 0 radical (unpaired) electrons. The lowest BCUT2D eigenvalue weighted by Crippen LogP contribution is -1.86. The highest BCUT2D eigenvalue weighted by atomic mass is 32.1. The second kappa shape index (κ2) is 5.35. The summed E-state index contributed by atoms with van der Waals surface area (Å²) in [5.74, 6) is 0. The summed E-state index contributed by atoms with van der Waals surface area (Å²) in [5.41, 5.74) is 3.77. The lowest BCUT2D eigenvalue weighted by molar-refractivity contribution is 0.371. The van der Waals surface area contributed by atoms with Gasteiger partial charge < -0.3 is 9.79 Å². The molecule has 0 atom stereocenters. The molecule has 2 N–H and O–H groups in total. The molecule has 0 saturated carbocycles. The van der Waals surface area contributed by atoms with Crippen molar-refractivity contribution in [2.75, 3.05) is 0 Å². The van der Waals surface area contributed by atoms with Crippen molar-refractivity contribution in [2.45, 2.75) is 13.1 Å². The van der Waals surface area contributed by atoms with Crippen LogP contribution < -0.4 is 0 Å². The number of benzene rings is 2. The van der Waals surface area contributed by atoms with Crippen molar-refractivity contribution in [3.63, 3.8) is 0 Å². The van der Waals surface area contributed by atoms with Crippen LogP contribution in [-0.2, 0) is 10.7 Å². The minimum atomic E-state index is -4.02. The third kappa shape index (κ3) is 3.39. The topological polar surface area (TPSA) is 70.4 Å². The van der Waals surface area contributed by atoms with Gasteiger partial charge in [-0.05, 0) is 30.2 Å². The molecule has 0 bridgehead atoms. The molecular weight excluding hydrogens is 305 g/mol. The summed E-state index contributed by atoms with van der Waals surface area (Å²) < 4.78 is 12.1. The van der Waals surface area contributed by atoms with Crippen molar-refractivity contribution in [1.29, 1.82) is 0 Å². The van der Waals surface area contributed by atoms with Crippen LogP contribution >= 0.6 is 18.9 Å². The van der Waals surface area contributed by atoms with Gasteiger partial charge in [-0.25, -0.2) is 4.98 Å². The number of thiazole rings is 1. The molecular formula is C15H14NO3PS. The molecule has 0 aliphatic heterocycles. The molecule has 4 nitrogen and oxygen atoms in total. The number of aryl methyl sites for hydroxylation is 1. The molecule has 0 aliphatic rings. The maximum Gasteiger partial charge on any atom is 0.329 e. The molecule has 1 aromatic heterocycles. The standard InChI is InChI=1S/C15H14NO3PS/c1-10-2-7-13-14(8-10)21-15(16-13)12-5-3-11(4-6-12)9-20(17,18)19/h2-8H,9H2,1H3,(H2,17,18,19). The van der Waals surface area contributed by atoms with Crippen LogP contribution in [0.3, 0.4) is 0 Å². The number of hydrogen-bond acceptors (Lipinski definition) is 3. The predicted molar refractivity (Wildman–Crippen MR) is 85.5 cm³/mol. The van der Waals surface area contributed by atoms with E-state index in [2.05, 4.69) is 18.0 Å².